The summed E-state index contributed by atoms with van der Waals surface area (Å²) >= 11 is 0. The lowest BCUT2D eigenvalue weighted by molar-refractivity contribution is -0.182. The number of aromatic nitrogens is 2. The lowest BCUT2D eigenvalue weighted by Crippen LogP contribution is -2.27. The summed E-state index contributed by atoms with van der Waals surface area (Å²) in [6.45, 7) is 0.158. The Labute approximate surface area is 96.4 Å². The van der Waals surface area contributed by atoms with Crippen molar-refractivity contribution in [1.82, 2.24) is 10.2 Å². The van der Waals surface area contributed by atoms with Gasteiger partial charge in [-0.1, -0.05) is 0 Å². The van der Waals surface area contributed by atoms with E-state index in [0.29, 0.717) is 24.6 Å². The van der Waals surface area contributed by atoms with Crippen LogP contribution in [0.1, 0.15) is 43.4 Å². The fraction of sp³-hybridized carbons (Fsp3) is 0.800. The zero-order chi connectivity index (χ0) is 12.5. The first-order valence-electron chi connectivity index (χ1n) is 5.59. The molecule has 1 aromatic rings. The summed E-state index contributed by atoms with van der Waals surface area (Å²) in [5, 5.41) is 7.53. The fourth-order valence-corrected chi connectivity index (χ4v) is 2.18. The minimum absolute atomic E-state index is 0.0543. The molecule has 1 aliphatic rings. The molecule has 1 aromatic heterocycles. The minimum Gasteiger partial charge on any atom is -0.424 e. The predicted molar refractivity (Wildman–Crippen MR) is 52.9 cm³/mol. The molecule has 0 aromatic carbocycles. The number of alkyl halides is 3. The van der Waals surface area contributed by atoms with E-state index in [1.54, 1.807) is 0 Å². The van der Waals surface area contributed by atoms with Gasteiger partial charge in [-0.05, 0) is 25.7 Å². The van der Waals surface area contributed by atoms with Crippen LogP contribution in [-0.4, -0.2) is 16.4 Å². The molecule has 0 saturated heterocycles. The lowest BCUT2D eigenvalue weighted by atomic mass is 9.81. The van der Waals surface area contributed by atoms with Crippen molar-refractivity contribution in [1.29, 1.82) is 0 Å². The molecular weight excluding hydrogens is 235 g/mol. The summed E-state index contributed by atoms with van der Waals surface area (Å²) in [5.74, 6) is -0.485. The van der Waals surface area contributed by atoms with E-state index in [0.717, 1.165) is 0 Å². The number of halogens is 3. The van der Waals surface area contributed by atoms with Crippen LogP contribution in [-0.2, 0) is 6.54 Å². The van der Waals surface area contributed by atoms with Crippen molar-refractivity contribution in [2.75, 3.05) is 0 Å². The highest BCUT2D eigenvalue weighted by Gasteiger charge is 2.42. The van der Waals surface area contributed by atoms with E-state index in [-0.39, 0.29) is 25.3 Å². The van der Waals surface area contributed by atoms with E-state index < -0.39 is 12.1 Å². The van der Waals surface area contributed by atoms with Crippen LogP contribution in [0.5, 0.6) is 0 Å². The van der Waals surface area contributed by atoms with Crippen LogP contribution in [0.4, 0.5) is 13.2 Å². The third-order valence-electron chi connectivity index (χ3n) is 3.20. The van der Waals surface area contributed by atoms with E-state index in [1.807, 2.05) is 0 Å². The SMILES string of the molecule is NCc1nnc(C2CCC(C(F)(F)F)CC2)o1. The van der Waals surface area contributed by atoms with Crippen molar-refractivity contribution in [3.63, 3.8) is 0 Å². The van der Waals surface area contributed by atoms with Crippen LogP contribution < -0.4 is 5.73 Å². The molecule has 1 fully saturated rings. The standard InChI is InChI=1S/C10H14F3N3O/c11-10(12,13)7-3-1-6(2-4-7)9-16-15-8(5-14)17-9/h6-7H,1-5,14H2. The Morgan fingerprint density at radius 2 is 1.82 bits per heavy atom. The summed E-state index contributed by atoms with van der Waals surface area (Å²) in [7, 11) is 0. The number of hydrogen-bond donors (Lipinski definition) is 1. The van der Waals surface area contributed by atoms with Gasteiger partial charge >= 0.3 is 6.18 Å². The number of nitrogens with two attached hydrogens (primary N) is 1. The van der Waals surface area contributed by atoms with Gasteiger partial charge in [-0.15, -0.1) is 10.2 Å². The molecular formula is C10H14F3N3O. The molecule has 0 radical (unpaired) electrons. The first-order chi connectivity index (χ1) is 8.00. The van der Waals surface area contributed by atoms with Gasteiger partial charge in [0.05, 0.1) is 12.5 Å². The molecule has 0 spiro atoms. The molecule has 7 heteroatoms. The largest absolute Gasteiger partial charge is 0.424 e. The van der Waals surface area contributed by atoms with E-state index >= 15 is 0 Å². The molecule has 0 aliphatic heterocycles. The predicted octanol–water partition coefficient (Wildman–Crippen LogP) is 2.36. The highest BCUT2D eigenvalue weighted by atomic mass is 19.4. The maximum Gasteiger partial charge on any atom is 0.391 e. The zero-order valence-electron chi connectivity index (χ0n) is 9.20. The third kappa shape index (κ3) is 2.77. The summed E-state index contributed by atoms with van der Waals surface area (Å²) < 4.78 is 42.6. The van der Waals surface area contributed by atoms with Crippen molar-refractivity contribution in [3.8, 4) is 0 Å². The molecule has 0 bridgehead atoms. The highest BCUT2D eigenvalue weighted by molar-refractivity contribution is 4.95. The van der Waals surface area contributed by atoms with Gasteiger partial charge in [0.15, 0.2) is 0 Å². The van der Waals surface area contributed by atoms with Gasteiger partial charge in [0.2, 0.25) is 11.8 Å². The molecule has 2 N–H and O–H groups in total. The fourth-order valence-electron chi connectivity index (χ4n) is 2.18. The quantitative estimate of drug-likeness (QED) is 0.873. The zero-order valence-corrected chi connectivity index (χ0v) is 9.20. The summed E-state index contributed by atoms with van der Waals surface area (Å²) in [5.41, 5.74) is 5.33. The van der Waals surface area contributed by atoms with Crippen LogP contribution in [0.2, 0.25) is 0 Å². The average molecular weight is 249 g/mol. The monoisotopic (exact) mass is 249 g/mol. The van der Waals surface area contributed by atoms with Gasteiger partial charge in [-0.3, -0.25) is 0 Å². The Morgan fingerprint density at radius 3 is 2.29 bits per heavy atom. The van der Waals surface area contributed by atoms with Crippen molar-refractivity contribution >= 4 is 0 Å². The van der Waals surface area contributed by atoms with Gasteiger partial charge in [0.25, 0.3) is 0 Å². The molecule has 2 rings (SSSR count). The minimum atomic E-state index is -4.08. The van der Waals surface area contributed by atoms with E-state index in [4.69, 9.17) is 10.2 Å². The Balaban J connectivity index is 1.95. The molecule has 4 nitrogen and oxygen atoms in total. The maximum atomic E-state index is 12.5. The maximum absolute atomic E-state index is 12.5. The third-order valence-corrected chi connectivity index (χ3v) is 3.20. The number of hydrogen-bond acceptors (Lipinski definition) is 4. The molecule has 1 heterocycles. The van der Waals surface area contributed by atoms with Crippen molar-refractivity contribution in [3.05, 3.63) is 11.8 Å². The topological polar surface area (TPSA) is 64.9 Å². The molecule has 0 amide bonds. The molecule has 1 saturated carbocycles. The van der Waals surface area contributed by atoms with Crippen molar-refractivity contribution < 1.29 is 17.6 Å². The van der Waals surface area contributed by atoms with Gasteiger partial charge in [-0.2, -0.15) is 13.2 Å². The van der Waals surface area contributed by atoms with Crippen LogP contribution >= 0.6 is 0 Å². The normalized spacial score (nSPS) is 26.1. The second-order valence-corrected chi connectivity index (χ2v) is 4.33. The first-order valence-corrected chi connectivity index (χ1v) is 5.59. The van der Waals surface area contributed by atoms with Crippen LogP contribution in [0, 0.1) is 5.92 Å². The van der Waals surface area contributed by atoms with E-state index in [2.05, 4.69) is 10.2 Å². The van der Waals surface area contributed by atoms with Gasteiger partial charge in [0, 0.05) is 5.92 Å². The highest BCUT2D eigenvalue weighted by Crippen LogP contribution is 2.42. The van der Waals surface area contributed by atoms with E-state index in [1.165, 1.54) is 0 Å². The second-order valence-electron chi connectivity index (χ2n) is 4.33. The first kappa shape index (κ1) is 12.3. The number of nitrogens with zero attached hydrogens (tertiary/aromatic N) is 2. The summed E-state index contributed by atoms with van der Waals surface area (Å²) in [6, 6.07) is 0. The second kappa shape index (κ2) is 4.64. The van der Waals surface area contributed by atoms with E-state index in [9.17, 15) is 13.2 Å². The molecule has 1 aliphatic carbocycles. The van der Waals surface area contributed by atoms with Gasteiger partial charge < -0.3 is 10.2 Å². The average Bonchev–Trinajstić information content (AvgIpc) is 2.76. The number of rotatable bonds is 2. The Bertz CT molecular complexity index is 369. The molecule has 0 atom stereocenters. The van der Waals surface area contributed by atoms with Crippen LogP contribution in [0.15, 0.2) is 4.42 Å². The van der Waals surface area contributed by atoms with Crippen molar-refractivity contribution in [2.24, 2.45) is 11.7 Å². The Morgan fingerprint density at radius 1 is 1.18 bits per heavy atom. The van der Waals surface area contributed by atoms with Crippen LogP contribution in [0.25, 0.3) is 0 Å². The summed E-state index contributed by atoms with van der Waals surface area (Å²) in [6.07, 6.45) is -2.93. The molecule has 17 heavy (non-hydrogen) atoms. The summed E-state index contributed by atoms with van der Waals surface area (Å²) in [4.78, 5) is 0. The molecule has 96 valence electrons. The Kier molecular flexibility index (Phi) is 3.37. The van der Waals surface area contributed by atoms with Gasteiger partial charge in [-0.25, -0.2) is 0 Å². The Hall–Kier alpha value is -1.11. The van der Waals surface area contributed by atoms with Crippen LogP contribution in [0.3, 0.4) is 0 Å². The van der Waals surface area contributed by atoms with Crippen molar-refractivity contribution in [2.45, 2.75) is 44.3 Å². The van der Waals surface area contributed by atoms with Gasteiger partial charge in [0.1, 0.15) is 0 Å². The smallest absolute Gasteiger partial charge is 0.391 e. The molecule has 0 unspecified atom stereocenters. The lowest BCUT2D eigenvalue weighted by Gasteiger charge is -2.27.